The quantitative estimate of drug-likeness (QED) is 0.712. The van der Waals surface area contributed by atoms with Gasteiger partial charge in [0, 0.05) is 24.7 Å². The highest BCUT2D eigenvalue weighted by Gasteiger charge is 2.26. The van der Waals surface area contributed by atoms with E-state index in [4.69, 9.17) is 0 Å². The van der Waals surface area contributed by atoms with Crippen molar-refractivity contribution in [1.29, 1.82) is 0 Å². The van der Waals surface area contributed by atoms with E-state index in [1.807, 2.05) is 13.8 Å². The van der Waals surface area contributed by atoms with Gasteiger partial charge in [-0.1, -0.05) is 31.0 Å². The number of anilines is 1. The summed E-state index contributed by atoms with van der Waals surface area (Å²) in [5.74, 6) is -0.763. The Morgan fingerprint density at radius 1 is 0.903 bits per heavy atom. The molecule has 2 aromatic carbocycles. The van der Waals surface area contributed by atoms with Gasteiger partial charge < -0.3 is 10.6 Å². The number of nitrogens with zero attached hydrogens (tertiary/aromatic N) is 1. The number of carbonyl (C=O) groups is 2. The first-order valence-electron chi connectivity index (χ1n) is 10.6. The molecule has 2 aromatic rings. The lowest BCUT2D eigenvalue weighted by Gasteiger charge is -2.20. The maximum absolute atomic E-state index is 13.1. The van der Waals surface area contributed by atoms with E-state index in [-0.39, 0.29) is 22.4 Å². The predicted octanol–water partition coefficient (Wildman–Crippen LogP) is 3.64. The van der Waals surface area contributed by atoms with E-state index in [9.17, 15) is 18.0 Å². The maximum atomic E-state index is 13.1. The van der Waals surface area contributed by atoms with Gasteiger partial charge >= 0.3 is 0 Å². The third-order valence-electron chi connectivity index (χ3n) is 5.14. The third kappa shape index (κ3) is 5.71. The first-order valence-corrected chi connectivity index (χ1v) is 12.0. The molecule has 3 rings (SSSR count). The van der Waals surface area contributed by atoms with Gasteiger partial charge in [0.05, 0.1) is 16.1 Å². The Balaban J connectivity index is 1.82. The summed E-state index contributed by atoms with van der Waals surface area (Å²) >= 11 is 0. The van der Waals surface area contributed by atoms with Gasteiger partial charge in [-0.15, -0.1) is 0 Å². The third-order valence-corrected chi connectivity index (χ3v) is 7.03. The van der Waals surface area contributed by atoms with Crippen molar-refractivity contribution in [2.75, 3.05) is 18.4 Å². The van der Waals surface area contributed by atoms with Crippen LogP contribution in [0.25, 0.3) is 0 Å². The van der Waals surface area contributed by atoms with Crippen LogP contribution in [0.15, 0.2) is 53.4 Å². The van der Waals surface area contributed by atoms with Crippen molar-refractivity contribution in [2.45, 2.75) is 50.5 Å². The fourth-order valence-electron chi connectivity index (χ4n) is 3.55. The largest absolute Gasteiger partial charge is 0.350 e. The normalized spacial score (nSPS) is 15.3. The number of benzene rings is 2. The molecule has 166 valence electrons. The van der Waals surface area contributed by atoms with Crippen molar-refractivity contribution in [2.24, 2.45) is 0 Å². The number of amides is 2. The summed E-state index contributed by atoms with van der Waals surface area (Å²) in [6.45, 7) is 4.71. The molecule has 0 atom stereocenters. The number of carbonyl (C=O) groups excluding carboxylic acids is 2. The molecule has 0 aromatic heterocycles. The monoisotopic (exact) mass is 443 g/mol. The first kappa shape index (κ1) is 23.0. The highest BCUT2D eigenvalue weighted by molar-refractivity contribution is 7.89. The van der Waals surface area contributed by atoms with E-state index in [2.05, 4.69) is 10.6 Å². The van der Waals surface area contributed by atoms with E-state index >= 15 is 0 Å². The molecular weight excluding hydrogens is 414 g/mol. The average molecular weight is 444 g/mol. The highest BCUT2D eigenvalue weighted by atomic mass is 32.2. The summed E-state index contributed by atoms with van der Waals surface area (Å²) in [7, 11) is -3.66. The zero-order valence-corrected chi connectivity index (χ0v) is 18.7. The molecule has 0 saturated carbocycles. The van der Waals surface area contributed by atoms with Gasteiger partial charge in [-0.2, -0.15) is 4.31 Å². The molecule has 2 N–H and O–H groups in total. The summed E-state index contributed by atoms with van der Waals surface area (Å²) < 4.78 is 27.6. The van der Waals surface area contributed by atoms with Crippen LogP contribution in [0.1, 0.15) is 60.2 Å². The lowest BCUT2D eigenvalue weighted by atomic mass is 10.1. The summed E-state index contributed by atoms with van der Waals surface area (Å²) in [6, 6.07) is 12.7. The lowest BCUT2D eigenvalue weighted by Crippen LogP contribution is -2.32. The minimum atomic E-state index is -3.66. The SMILES string of the molecule is CC(C)NC(=O)c1ccccc1NC(=O)c1cccc(S(=O)(=O)N2CCCCCC2)c1. The molecular formula is C23H29N3O4S. The molecule has 8 heteroatoms. The Hall–Kier alpha value is -2.71. The zero-order valence-electron chi connectivity index (χ0n) is 17.9. The molecule has 31 heavy (non-hydrogen) atoms. The molecule has 0 radical (unpaired) electrons. The molecule has 0 spiro atoms. The van der Waals surface area contributed by atoms with Crippen molar-refractivity contribution in [1.82, 2.24) is 9.62 Å². The van der Waals surface area contributed by atoms with Crippen LogP contribution in [0.3, 0.4) is 0 Å². The Kier molecular flexibility index (Phi) is 7.46. The Labute approximate surface area is 183 Å². The van der Waals surface area contributed by atoms with Gasteiger partial charge in [-0.25, -0.2) is 8.42 Å². The fraction of sp³-hybridized carbons (Fsp3) is 0.391. The summed E-state index contributed by atoms with van der Waals surface area (Å²) in [4.78, 5) is 25.4. The Morgan fingerprint density at radius 3 is 2.26 bits per heavy atom. The second-order valence-electron chi connectivity index (χ2n) is 7.97. The van der Waals surface area contributed by atoms with Gasteiger partial charge in [0.2, 0.25) is 10.0 Å². The topological polar surface area (TPSA) is 95.6 Å². The van der Waals surface area contributed by atoms with Crippen LogP contribution in [0.2, 0.25) is 0 Å². The van der Waals surface area contributed by atoms with E-state index < -0.39 is 15.9 Å². The lowest BCUT2D eigenvalue weighted by molar-refractivity contribution is 0.0944. The van der Waals surface area contributed by atoms with Crippen LogP contribution in [-0.4, -0.2) is 43.7 Å². The van der Waals surface area contributed by atoms with Gasteiger partial charge in [-0.05, 0) is 57.0 Å². The number of hydrogen-bond acceptors (Lipinski definition) is 4. The van der Waals surface area contributed by atoms with Crippen LogP contribution < -0.4 is 10.6 Å². The van der Waals surface area contributed by atoms with E-state index in [0.29, 0.717) is 24.3 Å². The number of para-hydroxylation sites is 1. The Morgan fingerprint density at radius 2 is 1.58 bits per heavy atom. The summed E-state index contributed by atoms with van der Waals surface area (Å²) in [5.41, 5.74) is 0.930. The van der Waals surface area contributed by atoms with Gasteiger partial charge in [-0.3, -0.25) is 9.59 Å². The molecule has 1 aliphatic rings. The fourth-order valence-corrected chi connectivity index (χ4v) is 5.12. The maximum Gasteiger partial charge on any atom is 0.255 e. The smallest absolute Gasteiger partial charge is 0.255 e. The average Bonchev–Trinajstić information content (AvgIpc) is 3.04. The number of nitrogens with one attached hydrogen (secondary N) is 2. The second-order valence-corrected chi connectivity index (χ2v) is 9.91. The number of rotatable bonds is 6. The molecule has 0 bridgehead atoms. The molecule has 7 nitrogen and oxygen atoms in total. The van der Waals surface area contributed by atoms with Crippen molar-refractivity contribution in [3.63, 3.8) is 0 Å². The van der Waals surface area contributed by atoms with Crippen molar-refractivity contribution < 1.29 is 18.0 Å². The van der Waals surface area contributed by atoms with Crippen LogP contribution in [-0.2, 0) is 10.0 Å². The number of hydrogen-bond donors (Lipinski definition) is 2. The number of sulfonamides is 1. The van der Waals surface area contributed by atoms with Crippen molar-refractivity contribution >= 4 is 27.5 Å². The predicted molar refractivity (Wildman–Crippen MR) is 121 cm³/mol. The summed E-state index contributed by atoms with van der Waals surface area (Å²) in [5, 5.41) is 5.55. The minimum Gasteiger partial charge on any atom is -0.350 e. The molecule has 2 amide bonds. The van der Waals surface area contributed by atoms with E-state index in [1.54, 1.807) is 36.4 Å². The van der Waals surface area contributed by atoms with Crippen molar-refractivity contribution in [3.8, 4) is 0 Å². The summed E-state index contributed by atoms with van der Waals surface area (Å²) in [6.07, 6.45) is 3.74. The molecule has 1 fully saturated rings. The van der Waals surface area contributed by atoms with E-state index in [1.165, 1.54) is 16.4 Å². The van der Waals surface area contributed by atoms with Crippen LogP contribution in [0.4, 0.5) is 5.69 Å². The van der Waals surface area contributed by atoms with Crippen LogP contribution >= 0.6 is 0 Å². The molecule has 1 aliphatic heterocycles. The van der Waals surface area contributed by atoms with Gasteiger partial charge in [0.1, 0.15) is 0 Å². The minimum absolute atomic E-state index is 0.0443. The molecule has 0 aliphatic carbocycles. The van der Waals surface area contributed by atoms with Crippen LogP contribution in [0, 0.1) is 0 Å². The van der Waals surface area contributed by atoms with Gasteiger partial charge in [0.15, 0.2) is 0 Å². The van der Waals surface area contributed by atoms with E-state index in [0.717, 1.165) is 25.7 Å². The van der Waals surface area contributed by atoms with Crippen molar-refractivity contribution in [3.05, 3.63) is 59.7 Å². The van der Waals surface area contributed by atoms with Gasteiger partial charge in [0.25, 0.3) is 11.8 Å². The zero-order chi connectivity index (χ0) is 22.4. The molecule has 1 heterocycles. The molecule has 0 unspecified atom stereocenters. The van der Waals surface area contributed by atoms with Crippen LogP contribution in [0.5, 0.6) is 0 Å². The standard InChI is InChI=1S/C23H29N3O4S/c1-17(2)24-23(28)20-12-5-6-13-21(20)25-22(27)18-10-9-11-19(16-18)31(29,30)26-14-7-3-4-8-15-26/h5-6,9-13,16-17H,3-4,7-8,14-15H2,1-2H3,(H,24,28)(H,25,27). The highest BCUT2D eigenvalue weighted by Crippen LogP contribution is 2.22. The molecule has 1 saturated heterocycles. The Bertz CT molecular complexity index is 1040. The first-order chi connectivity index (χ1) is 14.8. The second kappa shape index (κ2) is 10.1.